The number of rotatable bonds is 1. The molecule has 0 amide bonds. The van der Waals surface area contributed by atoms with Crippen molar-refractivity contribution in [2.45, 2.75) is 6.92 Å². The summed E-state index contributed by atoms with van der Waals surface area (Å²) in [6.45, 7) is 1.97. The minimum atomic E-state index is 0.560. The number of halogens is 1. The van der Waals surface area contributed by atoms with Crippen molar-refractivity contribution in [3.8, 4) is 17.2 Å². The van der Waals surface area contributed by atoms with Gasteiger partial charge in [0.15, 0.2) is 0 Å². The second-order valence-corrected chi connectivity index (χ2v) is 5.14. The van der Waals surface area contributed by atoms with E-state index in [1.54, 1.807) is 6.07 Å². The molecule has 0 spiro atoms. The van der Waals surface area contributed by atoms with Crippen LogP contribution in [0.5, 0.6) is 0 Å². The van der Waals surface area contributed by atoms with Crippen LogP contribution in [0.4, 0.5) is 0 Å². The molecule has 20 heavy (non-hydrogen) atoms. The van der Waals surface area contributed by atoms with Crippen molar-refractivity contribution in [1.82, 2.24) is 4.98 Å². The van der Waals surface area contributed by atoms with Gasteiger partial charge < -0.3 is 0 Å². The number of fused-ring (bicyclic) bond motifs is 1. The molecule has 96 valence electrons. The molecule has 0 atom stereocenters. The Morgan fingerprint density at radius 3 is 2.60 bits per heavy atom. The van der Waals surface area contributed by atoms with Gasteiger partial charge in [0.1, 0.15) is 0 Å². The fraction of sp³-hybridized carbons (Fsp3) is 0.0588. The van der Waals surface area contributed by atoms with Crippen molar-refractivity contribution < 1.29 is 0 Å². The van der Waals surface area contributed by atoms with E-state index in [1.807, 2.05) is 43.3 Å². The highest BCUT2D eigenvalue weighted by Crippen LogP contribution is 2.27. The molecule has 3 rings (SSSR count). The zero-order valence-corrected chi connectivity index (χ0v) is 11.6. The lowest BCUT2D eigenvalue weighted by Gasteiger charge is -2.06. The number of hydrogen-bond acceptors (Lipinski definition) is 2. The Morgan fingerprint density at radius 2 is 1.80 bits per heavy atom. The van der Waals surface area contributed by atoms with Gasteiger partial charge in [-0.25, -0.2) is 0 Å². The van der Waals surface area contributed by atoms with Crippen LogP contribution in [-0.4, -0.2) is 4.98 Å². The van der Waals surface area contributed by atoms with E-state index in [9.17, 15) is 0 Å². The number of aromatic nitrogens is 1. The number of pyridine rings is 1. The molecule has 1 heterocycles. The van der Waals surface area contributed by atoms with Crippen LogP contribution >= 0.6 is 11.6 Å². The topological polar surface area (TPSA) is 36.7 Å². The van der Waals surface area contributed by atoms with Crippen LogP contribution in [0.25, 0.3) is 22.0 Å². The van der Waals surface area contributed by atoms with Crippen LogP contribution in [0, 0.1) is 18.3 Å². The van der Waals surface area contributed by atoms with Crippen LogP contribution in [0.2, 0.25) is 5.02 Å². The smallest absolute Gasteiger partial charge is 0.0992 e. The third kappa shape index (κ3) is 2.36. The molecule has 0 aliphatic carbocycles. The third-order valence-electron chi connectivity index (χ3n) is 3.19. The largest absolute Gasteiger partial charge is 0.253 e. The first-order chi connectivity index (χ1) is 9.65. The first kappa shape index (κ1) is 12.7. The highest BCUT2D eigenvalue weighted by atomic mass is 35.5. The lowest BCUT2D eigenvalue weighted by Crippen LogP contribution is -1.86. The Kier molecular flexibility index (Phi) is 3.14. The summed E-state index contributed by atoms with van der Waals surface area (Å²) in [5.74, 6) is 0. The van der Waals surface area contributed by atoms with Crippen molar-refractivity contribution in [3.05, 3.63) is 64.8 Å². The first-order valence-electron chi connectivity index (χ1n) is 6.24. The van der Waals surface area contributed by atoms with Gasteiger partial charge in [0.2, 0.25) is 0 Å². The average Bonchev–Trinajstić information content (AvgIpc) is 2.45. The fourth-order valence-corrected chi connectivity index (χ4v) is 2.45. The van der Waals surface area contributed by atoms with E-state index in [0.29, 0.717) is 10.6 Å². The summed E-state index contributed by atoms with van der Waals surface area (Å²) in [5, 5.41) is 10.7. The highest BCUT2D eigenvalue weighted by molar-refractivity contribution is 6.31. The van der Waals surface area contributed by atoms with E-state index >= 15 is 0 Å². The van der Waals surface area contributed by atoms with E-state index in [1.165, 1.54) is 0 Å². The highest BCUT2D eigenvalue weighted by Gasteiger charge is 2.04. The average molecular weight is 279 g/mol. The summed E-state index contributed by atoms with van der Waals surface area (Å²) in [7, 11) is 0. The van der Waals surface area contributed by atoms with Crippen LogP contribution in [0.1, 0.15) is 11.3 Å². The molecule has 2 aromatic carbocycles. The summed E-state index contributed by atoms with van der Waals surface area (Å²) in [5.41, 5.74) is 4.43. The Bertz CT molecular complexity index is 847. The number of nitrogens with zero attached hydrogens (tertiary/aromatic N) is 2. The number of aryl methyl sites for hydroxylation is 1. The normalized spacial score (nSPS) is 10.4. The number of benzene rings is 2. The van der Waals surface area contributed by atoms with Gasteiger partial charge in [-0.05, 0) is 48.4 Å². The SMILES string of the molecule is Cc1ccc2ccc(-c3cc(Cl)cc(C#N)c3)cc2n1. The minimum absolute atomic E-state index is 0.560. The molecule has 3 aromatic rings. The molecule has 0 N–H and O–H groups in total. The molecule has 0 fully saturated rings. The molecule has 0 saturated carbocycles. The van der Waals surface area contributed by atoms with E-state index in [4.69, 9.17) is 16.9 Å². The van der Waals surface area contributed by atoms with Gasteiger partial charge in [-0.15, -0.1) is 0 Å². The fourth-order valence-electron chi connectivity index (χ4n) is 2.22. The van der Waals surface area contributed by atoms with Crippen molar-refractivity contribution in [1.29, 1.82) is 5.26 Å². The Labute approximate surface area is 122 Å². The van der Waals surface area contributed by atoms with Crippen LogP contribution in [0.15, 0.2) is 48.5 Å². The summed E-state index contributed by atoms with van der Waals surface area (Å²) in [6.07, 6.45) is 0. The molecule has 0 bridgehead atoms. The molecule has 3 heteroatoms. The van der Waals surface area contributed by atoms with Gasteiger partial charge in [-0.1, -0.05) is 29.8 Å². The second-order valence-electron chi connectivity index (χ2n) is 4.70. The predicted octanol–water partition coefficient (Wildman–Crippen LogP) is 4.74. The van der Waals surface area contributed by atoms with Crippen molar-refractivity contribution >= 4 is 22.5 Å². The summed E-state index contributed by atoms with van der Waals surface area (Å²) in [6, 6.07) is 17.6. The van der Waals surface area contributed by atoms with Crippen molar-refractivity contribution in [2.24, 2.45) is 0 Å². The Balaban J connectivity index is 2.19. The molecular weight excluding hydrogens is 268 g/mol. The Morgan fingerprint density at radius 1 is 1.00 bits per heavy atom. The maximum absolute atomic E-state index is 9.02. The zero-order chi connectivity index (χ0) is 14.1. The van der Waals surface area contributed by atoms with E-state index < -0.39 is 0 Å². The van der Waals surface area contributed by atoms with Crippen LogP contribution < -0.4 is 0 Å². The lowest BCUT2D eigenvalue weighted by atomic mass is 10.0. The number of hydrogen-bond donors (Lipinski definition) is 0. The molecule has 0 radical (unpaired) electrons. The summed E-state index contributed by atoms with van der Waals surface area (Å²) >= 11 is 6.06. The maximum atomic E-state index is 9.02. The molecule has 0 saturated heterocycles. The van der Waals surface area contributed by atoms with Crippen molar-refractivity contribution in [2.75, 3.05) is 0 Å². The van der Waals surface area contributed by atoms with Gasteiger partial charge in [0.25, 0.3) is 0 Å². The zero-order valence-electron chi connectivity index (χ0n) is 10.9. The maximum Gasteiger partial charge on any atom is 0.0992 e. The molecule has 2 nitrogen and oxygen atoms in total. The third-order valence-corrected chi connectivity index (χ3v) is 3.41. The summed E-state index contributed by atoms with van der Waals surface area (Å²) in [4.78, 5) is 4.53. The first-order valence-corrected chi connectivity index (χ1v) is 6.62. The Hall–Kier alpha value is -2.37. The summed E-state index contributed by atoms with van der Waals surface area (Å²) < 4.78 is 0. The van der Waals surface area contributed by atoms with Gasteiger partial charge in [0, 0.05) is 16.1 Å². The van der Waals surface area contributed by atoms with Gasteiger partial charge in [-0.2, -0.15) is 5.26 Å². The van der Waals surface area contributed by atoms with Crippen molar-refractivity contribution in [3.63, 3.8) is 0 Å². The molecule has 1 aromatic heterocycles. The standard InChI is InChI=1S/C17H11ClN2/c1-11-2-3-13-4-5-14(9-17(13)20-11)15-6-12(10-19)7-16(18)8-15/h2-9H,1H3. The lowest BCUT2D eigenvalue weighted by molar-refractivity contribution is 1.26. The predicted molar refractivity (Wildman–Crippen MR) is 81.6 cm³/mol. The van der Waals surface area contributed by atoms with E-state index in [-0.39, 0.29) is 0 Å². The van der Waals surface area contributed by atoms with Gasteiger partial charge in [0.05, 0.1) is 17.1 Å². The van der Waals surface area contributed by atoms with Gasteiger partial charge in [-0.3, -0.25) is 4.98 Å². The van der Waals surface area contributed by atoms with E-state index in [0.717, 1.165) is 27.7 Å². The van der Waals surface area contributed by atoms with Gasteiger partial charge >= 0.3 is 0 Å². The quantitative estimate of drug-likeness (QED) is 0.645. The second kappa shape index (κ2) is 4.96. The van der Waals surface area contributed by atoms with Crippen LogP contribution in [0.3, 0.4) is 0 Å². The number of nitriles is 1. The molecule has 0 aliphatic heterocycles. The minimum Gasteiger partial charge on any atom is -0.253 e. The molecule has 0 unspecified atom stereocenters. The van der Waals surface area contributed by atoms with Crippen LogP contribution in [-0.2, 0) is 0 Å². The van der Waals surface area contributed by atoms with E-state index in [2.05, 4.69) is 17.1 Å². The monoisotopic (exact) mass is 278 g/mol. The molecular formula is C17H11ClN2. The molecule has 0 aliphatic rings.